The number of nitrogens with zero attached hydrogens (tertiary/aromatic N) is 1. The van der Waals surface area contributed by atoms with E-state index in [-0.39, 0.29) is 0 Å². The molecular weight excluding hydrogens is 147 g/mol. The Hall–Kier alpha value is -1.09. The molecule has 0 aliphatic heterocycles. The van der Waals surface area contributed by atoms with Crippen LogP contribution >= 0.6 is 0 Å². The lowest BCUT2D eigenvalue weighted by atomic mass is 9.78. The average molecular weight is 160 g/mol. The fraction of sp³-hybridized carbons (Fsp3) is 0.222. The predicted octanol–water partition coefficient (Wildman–Crippen LogP) is 0.223. The third kappa shape index (κ3) is 2.20. The van der Waals surface area contributed by atoms with Crippen molar-refractivity contribution in [2.75, 3.05) is 14.1 Å². The van der Waals surface area contributed by atoms with Gasteiger partial charge in [-0.3, -0.25) is 0 Å². The molecule has 0 fully saturated rings. The molecule has 3 heteroatoms. The van der Waals surface area contributed by atoms with Crippen molar-refractivity contribution in [3.05, 3.63) is 29.8 Å². The molecule has 0 aliphatic rings. The van der Waals surface area contributed by atoms with E-state index < -0.39 is 0 Å². The molecule has 0 unspecified atom stereocenters. The second-order valence-electron chi connectivity index (χ2n) is 3.08. The van der Waals surface area contributed by atoms with Crippen LogP contribution in [0.1, 0.15) is 5.56 Å². The Balaban J connectivity index is 2.89. The molecule has 0 saturated carbocycles. The minimum absolute atomic E-state index is 0.894. The van der Waals surface area contributed by atoms with Crippen molar-refractivity contribution in [2.45, 2.75) is 0 Å². The van der Waals surface area contributed by atoms with Crippen LogP contribution in [0.25, 0.3) is 0 Å². The molecule has 1 rings (SSSR count). The molecule has 2 nitrogen and oxygen atoms in total. The fourth-order valence-corrected chi connectivity index (χ4v) is 1.16. The average Bonchev–Trinajstić information content (AvgIpc) is 2.04. The van der Waals surface area contributed by atoms with Gasteiger partial charge in [-0.1, -0.05) is 29.7 Å². The fourth-order valence-electron chi connectivity index (χ4n) is 1.16. The molecule has 0 aromatic heterocycles. The molecule has 0 aliphatic carbocycles. The maximum Gasteiger partial charge on any atom is 0.238 e. The van der Waals surface area contributed by atoms with Crippen molar-refractivity contribution in [1.29, 1.82) is 5.41 Å². The molecule has 0 radical (unpaired) electrons. The molecule has 0 spiro atoms. The van der Waals surface area contributed by atoms with Crippen LogP contribution in [0.15, 0.2) is 24.3 Å². The molecule has 0 saturated heterocycles. The van der Waals surface area contributed by atoms with Crippen molar-refractivity contribution >= 4 is 19.1 Å². The third-order valence-corrected chi connectivity index (χ3v) is 1.70. The largest absolute Gasteiger partial charge is 0.346 e. The van der Waals surface area contributed by atoms with Gasteiger partial charge >= 0.3 is 0 Å². The summed E-state index contributed by atoms with van der Waals surface area (Å²) in [6.45, 7) is 0. The second kappa shape index (κ2) is 4.07. The summed E-state index contributed by atoms with van der Waals surface area (Å²) in [5.74, 6) is 0. The van der Waals surface area contributed by atoms with Crippen molar-refractivity contribution in [1.82, 2.24) is 4.81 Å². The predicted molar refractivity (Wildman–Crippen MR) is 54.8 cm³/mol. The Morgan fingerprint density at radius 1 is 1.33 bits per heavy atom. The van der Waals surface area contributed by atoms with Gasteiger partial charge < -0.3 is 10.2 Å². The molecule has 1 aromatic carbocycles. The SMILES string of the molecule is CN(C)Bc1ccccc1C=N. The zero-order valence-electron chi connectivity index (χ0n) is 7.54. The highest BCUT2D eigenvalue weighted by molar-refractivity contribution is 6.52. The Labute approximate surface area is 74.0 Å². The lowest BCUT2D eigenvalue weighted by Crippen LogP contribution is -2.31. The van der Waals surface area contributed by atoms with E-state index in [4.69, 9.17) is 5.41 Å². The molecule has 62 valence electrons. The van der Waals surface area contributed by atoms with Crippen LogP contribution in [0, 0.1) is 5.41 Å². The zero-order chi connectivity index (χ0) is 8.97. The molecule has 0 atom stereocenters. The van der Waals surface area contributed by atoms with Gasteiger partial charge in [-0.05, 0) is 19.7 Å². The molecule has 12 heavy (non-hydrogen) atoms. The van der Waals surface area contributed by atoms with Crippen molar-refractivity contribution in [3.63, 3.8) is 0 Å². The van der Waals surface area contributed by atoms with Gasteiger partial charge in [-0.15, -0.1) is 0 Å². The third-order valence-electron chi connectivity index (χ3n) is 1.70. The summed E-state index contributed by atoms with van der Waals surface area (Å²) >= 11 is 0. The summed E-state index contributed by atoms with van der Waals surface area (Å²) in [5, 5.41) is 7.19. The molecule has 1 aromatic rings. The lowest BCUT2D eigenvalue weighted by molar-refractivity contribution is 0.669. The van der Waals surface area contributed by atoms with E-state index in [1.807, 2.05) is 32.3 Å². The van der Waals surface area contributed by atoms with Crippen LogP contribution in [0.3, 0.4) is 0 Å². The Morgan fingerprint density at radius 3 is 2.58 bits per heavy atom. The molecule has 0 amide bonds. The first-order valence-electron chi connectivity index (χ1n) is 3.97. The summed E-state index contributed by atoms with van der Waals surface area (Å²) in [7, 11) is 4.95. The van der Waals surface area contributed by atoms with E-state index in [0.29, 0.717) is 0 Å². The van der Waals surface area contributed by atoms with Crippen LogP contribution in [-0.4, -0.2) is 32.5 Å². The Morgan fingerprint density at radius 2 is 2.00 bits per heavy atom. The van der Waals surface area contributed by atoms with Gasteiger partial charge in [0.25, 0.3) is 0 Å². The highest BCUT2D eigenvalue weighted by Gasteiger charge is 2.01. The summed E-state index contributed by atoms with van der Waals surface area (Å²) in [4.78, 5) is 2.10. The van der Waals surface area contributed by atoms with Gasteiger partial charge in [0.1, 0.15) is 0 Å². The summed E-state index contributed by atoms with van der Waals surface area (Å²) in [5.41, 5.74) is 2.21. The molecule has 1 N–H and O–H groups in total. The summed E-state index contributed by atoms with van der Waals surface area (Å²) in [6, 6.07) is 7.98. The van der Waals surface area contributed by atoms with E-state index in [2.05, 4.69) is 10.9 Å². The van der Waals surface area contributed by atoms with Crippen molar-refractivity contribution in [3.8, 4) is 0 Å². The van der Waals surface area contributed by atoms with E-state index >= 15 is 0 Å². The first-order chi connectivity index (χ1) is 5.74. The van der Waals surface area contributed by atoms with Crippen molar-refractivity contribution < 1.29 is 0 Å². The van der Waals surface area contributed by atoms with Crippen LogP contribution in [0.4, 0.5) is 0 Å². The minimum Gasteiger partial charge on any atom is -0.346 e. The van der Waals surface area contributed by atoms with Gasteiger partial charge in [0.05, 0.1) is 0 Å². The van der Waals surface area contributed by atoms with Gasteiger partial charge in [0, 0.05) is 6.21 Å². The first kappa shape index (κ1) is 9.01. The van der Waals surface area contributed by atoms with Crippen LogP contribution in [0.2, 0.25) is 0 Å². The summed E-state index contributed by atoms with van der Waals surface area (Å²) < 4.78 is 0. The first-order valence-corrected chi connectivity index (χ1v) is 3.97. The van der Waals surface area contributed by atoms with Gasteiger partial charge in [-0.2, -0.15) is 0 Å². The van der Waals surface area contributed by atoms with E-state index in [0.717, 1.165) is 13.0 Å². The zero-order valence-corrected chi connectivity index (χ0v) is 7.54. The number of hydrogen-bond acceptors (Lipinski definition) is 2. The highest BCUT2D eigenvalue weighted by atomic mass is 15.0. The quantitative estimate of drug-likeness (QED) is 0.497. The van der Waals surface area contributed by atoms with E-state index in [1.165, 1.54) is 11.7 Å². The monoisotopic (exact) mass is 160 g/mol. The van der Waals surface area contributed by atoms with E-state index in [9.17, 15) is 0 Å². The number of nitrogens with one attached hydrogen (secondary N) is 1. The van der Waals surface area contributed by atoms with Crippen LogP contribution in [-0.2, 0) is 0 Å². The maximum atomic E-state index is 7.19. The molecule has 0 bridgehead atoms. The van der Waals surface area contributed by atoms with Gasteiger partial charge in [0.2, 0.25) is 7.41 Å². The van der Waals surface area contributed by atoms with E-state index in [1.54, 1.807) is 0 Å². The van der Waals surface area contributed by atoms with Gasteiger partial charge in [-0.25, -0.2) is 0 Å². The summed E-state index contributed by atoms with van der Waals surface area (Å²) in [6.07, 6.45) is 1.40. The second-order valence-corrected chi connectivity index (χ2v) is 3.08. The minimum atomic E-state index is 0.894. The highest BCUT2D eigenvalue weighted by Crippen LogP contribution is 1.91. The van der Waals surface area contributed by atoms with Crippen LogP contribution in [0.5, 0.6) is 0 Å². The molecular formula is C9H13BN2. The van der Waals surface area contributed by atoms with Crippen LogP contribution < -0.4 is 5.46 Å². The van der Waals surface area contributed by atoms with Crippen molar-refractivity contribution in [2.24, 2.45) is 0 Å². The number of rotatable bonds is 3. The molecule has 0 heterocycles. The number of hydrogen-bond donors (Lipinski definition) is 1. The van der Waals surface area contributed by atoms with Gasteiger partial charge in [0.15, 0.2) is 0 Å². The normalized spacial score (nSPS) is 9.92. The smallest absolute Gasteiger partial charge is 0.238 e. The lowest BCUT2D eigenvalue weighted by Gasteiger charge is -2.09. The Kier molecular flexibility index (Phi) is 3.05. The number of benzene rings is 1. The Bertz CT molecular complexity index is 271. The topological polar surface area (TPSA) is 27.1 Å². The standard InChI is InChI=1S/C9H13BN2/c1-12(2)10-9-6-4-3-5-8(9)7-11/h3-7,10-11H,1-2H3. The maximum absolute atomic E-state index is 7.19.